The Kier molecular flexibility index (Phi) is 4.38. The first-order valence-electron chi connectivity index (χ1n) is 7.23. The summed E-state index contributed by atoms with van der Waals surface area (Å²) < 4.78 is 5.36. The summed E-state index contributed by atoms with van der Waals surface area (Å²) in [5.74, 6) is 0.239. The maximum atomic E-state index is 11.6. The minimum Gasteiger partial charge on any atom is -0.496 e. The highest BCUT2D eigenvalue weighted by atomic mass is 16.5. The molecule has 0 amide bonds. The number of nitrogens with one attached hydrogen (secondary N) is 1. The Morgan fingerprint density at radius 2 is 1.96 bits per heavy atom. The summed E-state index contributed by atoms with van der Waals surface area (Å²) in [5, 5.41) is 12.6. The Balaban J connectivity index is 2.08. The van der Waals surface area contributed by atoms with E-state index in [2.05, 4.69) is 15.3 Å². The number of carbonyl (C=O) groups is 1. The van der Waals surface area contributed by atoms with Crippen molar-refractivity contribution in [3.8, 4) is 16.9 Å². The van der Waals surface area contributed by atoms with Gasteiger partial charge in [0.05, 0.1) is 12.7 Å². The molecule has 0 unspecified atom stereocenters. The number of methoxy groups -OCH3 is 1. The van der Waals surface area contributed by atoms with Crippen LogP contribution in [0.1, 0.15) is 10.4 Å². The summed E-state index contributed by atoms with van der Waals surface area (Å²) in [6.45, 7) is 0. The van der Waals surface area contributed by atoms with E-state index in [0.717, 1.165) is 5.69 Å². The van der Waals surface area contributed by atoms with Gasteiger partial charge in [0, 0.05) is 23.0 Å². The normalized spacial score (nSPS) is 10.2. The monoisotopic (exact) mass is 321 g/mol. The summed E-state index contributed by atoms with van der Waals surface area (Å²) in [6.07, 6.45) is 3.07. The van der Waals surface area contributed by atoms with Crippen molar-refractivity contribution in [1.82, 2.24) is 9.97 Å². The number of carboxylic acids is 1. The molecule has 24 heavy (non-hydrogen) atoms. The molecule has 2 N–H and O–H groups in total. The Bertz CT molecular complexity index is 866. The lowest BCUT2D eigenvalue weighted by Crippen LogP contribution is -2.02. The molecular formula is C18H15N3O3. The van der Waals surface area contributed by atoms with Crippen molar-refractivity contribution >= 4 is 17.5 Å². The number of aromatic nitrogens is 2. The van der Waals surface area contributed by atoms with Crippen LogP contribution in [0, 0.1) is 0 Å². The molecule has 0 radical (unpaired) electrons. The van der Waals surface area contributed by atoms with E-state index in [1.165, 1.54) is 6.33 Å². The van der Waals surface area contributed by atoms with Crippen LogP contribution in [-0.4, -0.2) is 28.2 Å². The van der Waals surface area contributed by atoms with Gasteiger partial charge in [0.1, 0.15) is 17.9 Å². The van der Waals surface area contributed by atoms with Gasteiger partial charge in [0.2, 0.25) is 0 Å². The molecule has 0 saturated carbocycles. The molecule has 1 heterocycles. The predicted molar refractivity (Wildman–Crippen MR) is 90.7 cm³/mol. The van der Waals surface area contributed by atoms with Gasteiger partial charge in [-0.1, -0.05) is 18.2 Å². The van der Waals surface area contributed by atoms with Crippen molar-refractivity contribution in [3.63, 3.8) is 0 Å². The molecule has 0 fully saturated rings. The minimum absolute atomic E-state index is 0.202. The van der Waals surface area contributed by atoms with Crippen molar-refractivity contribution in [3.05, 3.63) is 66.6 Å². The largest absolute Gasteiger partial charge is 0.496 e. The van der Waals surface area contributed by atoms with Crippen LogP contribution >= 0.6 is 0 Å². The summed E-state index contributed by atoms with van der Waals surface area (Å²) in [6, 6.07) is 14.1. The Morgan fingerprint density at radius 3 is 2.67 bits per heavy atom. The van der Waals surface area contributed by atoms with Gasteiger partial charge >= 0.3 is 5.97 Å². The van der Waals surface area contributed by atoms with Crippen molar-refractivity contribution in [2.45, 2.75) is 0 Å². The van der Waals surface area contributed by atoms with Crippen LogP contribution in [0.3, 0.4) is 0 Å². The standard InChI is InChI=1S/C18H15N3O3/c1-24-16-5-3-2-4-13(16)15-10-12(6-7-14(15)18(22)23)21-17-8-9-19-11-20-17/h2-11H,1H3,(H,22,23)(H,19,20,21). The first kappa shape index (κ1) is 15.5. The van der Waals surface area contributed by atoms with Gasteiger partial charge in [-0.3, -0.25) is 0 Å². The highest BCUT2D eigenvalue weighted by Crippen LogP contribution is 2.34. The molecule has 0 aliphatic carbocycles. The van der Waals surface area contributed by atoms with Crippen LogP contribution in [0.4, 0.5) is 11.5 Å². The fraction of sp³-hybridized carbons (Fsp3) is 0.0556. The van der Waals surface area contributed by atoms with Crippen LogP contribution in [0.25, 0.3) is 11.1 Å². The van der Waals surface area contributed by atoms with Gasteiger partial charge < -0.3 is 15.2 Å². The van der Waals surface area contributed by atoms with Crippen molar-refractivity contribution in [2.75, 3.05) is 12.4 Å². The fourth-order valence-corrected chi connectivity index (χ4v) is 2.41. The number of anilines is 2. The molecule has 0 saturated heterocycles. The number of para-hydroxylation sites is 1. The number of ether oxygens (including phenoxy) is 1. The molecule has 120 valence electrons. The summed E-state index contributed by atoms with van der Waals surface area (Å²) in [7, 11) is 1.56. The number of nitrogens with zero attached hydrogens (tertiary/aromatic N) is 2. The zero-order chi connectivity index (χ0) is 16.9. The highest BCUT2D eigenvalue weighted by molar-refractivity contribution is 5.98. The van der Waals surface area contributed by atoms with Gasteiger partial charge in [-0.15, -0.1) is 0 Å². The second-order valence-electron chi connectivity index (χ2n) is 4.99. The Labute approximate surface area is 138 Å². The lowest BCUT2D eigenvalue weighted by atomic mass is 9.98. The summed E-state index contributed by atoms with van der Waals surface area (Å²) >= 11 is 0. The van der Waals surface area contributed by atoms with E-state index in [-0.39, 0.29) is 5.56 Å². The van der Waals surface area contributed by atoms with E-state index in [4.69, 9.17) is 4.74 Å². The maximum absolute atomic E-state index is 11.6. The first-order chi connectivity index (χ1) is 11.7. The Morgan fingerprint density at radius 1 is 1.12 bits per heavy atom. The molecule has 2 aromatic carbocycles. The molecule has 0 aliphatic heterocycles. The van der Waals surface area contributed by atoms with Crippen molar-refractivity contribution in [2.24, 2.45) is 0 Å². The molecular weight excluding hydrogens is 306 g/mol. The van der Waals surface area contributed by atoms with Gasteiger partial charge in [0.15, 0.2) is 0 Å². The molecule has 0 aliphatic rings. The van der Waals surface area contributed by atoms with Crippen LogP contribution in [-0.2, 0) is 0 Å². The maximum Gasteiger partial charge on any atom is 0.336 e. The second-order valence-corrected chi connectivity index (χ2v) is 4.99. The zero-order valence-corrected chi connectivity index (χ0v) is 12.9. The van der Waals surface area contributed by atoms with E-state index in [1.54, 1.807) is 43.6 Å². The van der Waals surface area contributed by atoms with Gasteiger partial charge in [-0.2, -0.15) is 0 Å². The lowest BCUT2D eigenvalue weighted by Gasteiger charge is -2.13. The van der Waals surface area contributed by atoms with E-state index < -0.39 is 5.97 Å². The number of rotatable bonds is 5. The minimum atomic E-state index is -0.996. The van der Waals surface area contributed by atoms with E-state index in [9.17, 15) is 9.90 Å². The number of hydrogen-bond donors (Lipinski definition) is 2. The number of aromatic carboxylic acids is 1. The smallest absolute Gasteiger partial charge is 0.336 e. The third-order valence-electron chi connectivity index (χ3n) is 3.50. The fourth-order valence-electron chi connectivity index (χ4n) is 2.41. The summed E-state index contributed by atoms with van der Waals surface area (Å²) in [4.78, 5) is 19.6. The third-order valence-corrected chi connectivity index (χ3v) is 3.50. The van der Waals surface area contributed by atoms with Crippen LogP contribution < -0.4 is 10.1 Å². The summed E-state index contributed by atoms with van der Waals surface area (Å²) in [5.41, 5.74) is 2.20. The van der Waals surface area contributed by atoms with Crippen LogP contribution in [0.5, 0.6) is 5.75 Å². The molecule has 0 atom stereocenters. The quantitative estimate of drug-likeness (QED) is 0.747. The average molecular weight is 321 g/mol. The molecule has 0 spiro atoms. The van der Waals surface area contributed by atoms with E-state index in [1.807, 2.05) is 18.2 Å². The van der Waals surface area contributed by atoms with Crippen LogP contribution in [0.15, 0.2) is 61.1 Å². The van der Waals surface area contributed by atoms with Crippen molar-refractivity contribution in [1.29, 1.82) is 0 Å². The number of hydrogen-bond acceptors (Lipinski definition) is 5. The van der Waals surface area contributed by atoms with Gasteiger partial charge in [-0.25, -0.2) is 14.8 Å². The topological polar surface area (TPSA) is 84.3 Å². The van der Waals surface area contributed by atoms with Crippen molar-refractivity contribution < 1.29 is 14.6 Å². The number of carboxylic acid groups (broad SMARTS) is 1. The SMILES string of the molecule is COc1ccccc1-c1cc(Nc2ccncn2)ccc1C(=O)O. The molecule has 0 bridgehead atoms. The molecule has 3 aromatic rings. The van der Waals surface area contributed by atoms with E-state index in [0.29, 0.717) is 22.7 Å². The van der Waals surface area contributed by atoms with E-state index >= 15 is 0 Å². The zero-order valence-electron chi connectivity index (χ0n) is 12.9. The predicted octanol–water partition coefficient (Wildman–Crippen LogP) is 3.59. The highest BCUT2D eigenvalue weighted by Gasteiger charge is 2.15. The number of benzene rings is 2. The van der Waals surface area contributed by atoms with Gasteiger partial charge in [0.25, 0.3) is 0 Å². The molecule has 3 rings (SSSR count). The molecule has 6 nitrogen and oxygen atoms in total. The molecule has 6 heteroatoms. The average Bonchev–Trinajstić information content (AvgIpc) is 2.62. The van der Waals surface area contributed by atoms with Gasteiger partial charge in [-0.05, 0) is 30.3 Å². The first-order valence-corrected chi connectivity index (χ1v) is 7.23. The van der Waals surface area contributed by atoms with Crippen LogP contribution in [0.2, 0.25) is 0 Å². The third kappa shape index (κ3) is 3.17. The second kappa shape index (κ2) is 6.78. The molecule has 1 aromatic heterocycles. The Hall–Kier alpha value is -3.41. The lowest BCUT2D eigenvalue weighted by molar-refractivity contribution is 0.0698.